The highest BCUT2D eigenvalue weighted by Crippen LogP contribution is 2.17. The summed E-state index contributed by atoms with van der Waals surface area (Å²) in [4.78, 5) is 0.0888. The topological polar surface area (TPSA) is 67.4 Å². The number of hydrogen-bond donors (Lipinski definition) is 2. The van der Waals surface area contributed by atoms with Crippen molar-refractivity contribution < 1.29 is 17.5 Å². The van der Waals surface area contributed by atoms with Crippen molar-refractivity contribution in [1.82, 2.24) is 10.0 Å². The maximum absolute atomic E-state index is 13.5. The molecule has 1 saturated heterocycles. The molecule has 1 fully saturated rings. The Morgan fingerprint density at radius 1 is 1.43 bits per heavy atom. The van der Waals surface area contributed by atoms with Crippen molar-refractivity contribution in [2.45, 2.75) is 24.3 Å². The van der Waals surface area contributed by atoms with E-state index in [2.05, 4.69) is 10.0 Å². The van der Waals surface area contributed by atoms with Gasteiger partial charge < -0.3 is 10.1 Å². The van der Waals surface area contributed by atoms with Crippen molar-refractivity contribution in [3.8, 4) is 0 Å². The van der Waals surface area contributed by atoms with E-state index in [0.717, 1.165) is 19.4 Å². The van der Waals surface area contributed by atoms with Gasteiger partial charge in [-0.3, -0.25) is 0 Å². The van der Waals surface area contributed by atoms with E-state index in [1.165, 1.54) is 18.2 Å². The van der Waals surface area contributed by atoms with Crippen LogP contribution in [-0.2, 0) is 21.3 Å². The van der Waals surface area contributed by atoms with Gasteiger partial charge in [0.2, 0.25) is 10.0 Å². The minimum Gasteiger partial charge on any atom is -0.381 e. The molecule has 118 valence electrons. The van der Waals surface area contributed by atoms with Crippen LogP contribution in [0.15, 0.2) is 23.1 Å². The summed E-state index contributed by atoms with van der Waals surface area (Å²) < 4.78 is 46.0. The highest BCUT2D eigenvalue weighted by atomic mass is 32.2. The summed E-state index contributed by atoms with van der Waals surface area (Å²) in [5.41, 5.74) is 0.335. The van der Waals surface area contributed by atoms with Crippen molar-refractivity contribution in [3.63, 3.8) is 0 Å². The van der Waals surface area contributed by atoms with Crippen LogP contribution in [0.25, 0.3) is 0 Å². The Bertz CT molecular complexity index is 572. The average Bonchev–Trinajstić information content (AvgIpc) is 2.49. The number of nitrogens with one attached hydrogen (secondary N) is 2. The molecule has 0 amide bonds. The van der Waals surface area contributed by atoms with E-state index >= 15 is 0 Å². The van der Waals surface area contributed by atoms with E-state index in [-0.39, 0.29) is 17.4 Å². The number of hydrogen-bond acceptors (Lipinski definition) is 4. The maximum atomic E-state index is 13.5. The molecule has 0 bridgehead atoms. The molecular weight excluding hydrogens is 295 g/mol. The molecule has 0 radical (unpaired) electrons. The fourth-order valence-electron chi connectivity index (χ4n) is 2.32. The lowest BCUT2D eigenvalue weighted by molar-refractivity contribution is 0.0568. The zero-order valence-electron chi connectivity index (χ0n) is 12.1. The van der Waals surface area contributed by atoms with Crippen molar-refractivity contribution in [2.75, 3.05) is 26.8 Å². The van der Waals surface area contributed by atoms with Gasteiger partial charge >= 0.3 is 0 Å². The van der Waals surface area contributed by atoms with Crippen molar-refractivity contribution >= 4 is 10.0 Å². The normalized spacial score (nSPS) is 19.6. The second kappa shape index (κ2) is 7.31. The summed E-state index contributed by atoms with van der Waals surface area (Å²) in [6, 6.07) is 3.84. The van der Waals surface area contributed by atoms with Crippen LogP contribution in [0.2, 0.25) is 0 Å². The highest BCUT2D eigenvalue weighted by molar-refractivity contribution is 7.89. The molecule has 1 atom stereocenters. The first kappa shape index (κ1) is 16.4. The largest absolute Gasteiger partial charge is 0.381 e. The van der Waals surface area contributed by atoms with E-state index in [4.69, 9.17) is 4.74 Å². The lowest BCUT2D eigenvalue weighted by atomic mass is 10.0. The van der Waals surface area contributed by atoms with Crippen LogP contribution >= 0.6 is 0 Å². The van der Waals surface area contributed by atoms with E-state index in [0.29, 0.717) is 18.7 Å². The van der Waals surface area contributed by atoms with E-state index < -0.39 is 15.8 Å². The Morgan fingerprint density at radius 2 is 2.24 bits per heavy atom. The average molecular weight is 316 g/mol. The second-order valence-electron chi connectivity index (χ2n) is 5.22. The molecule has 0 saturated carbocycles. The third-order valence-corrected chi connectivity index (χ3v) is 4.93. The molecule has 1 unspecified atom stereocenters. The first-order valence-electron chi connectivity index (χ1n) is 7.03. The molecule has 1 aliphatic heterocycles. The van der Waals surface area contributed by atoms with Gasteiger partial charge in [-0.2, -0.15) is 0 Å². The van der Waals surface area contributed by atoms with Crippen molar-refractivity contribution in [1.29, 1.82) is 0 Å². The molecule has 1 aromatic rings. The van der Waals surface area contributed by atoms with Crippen LogP contribution in [0.1, 0.15) is 18.4 Å². The SMILES string of the molecule is CNCc1cc(S(=O)(=O)NCC2CCCOC2)ccc1F. The Balaban J connectivity index is 2.06. The smallest absolute Gasteiger partial charge is 0.240 e. The zero-order chi connectivity index (χ0) is 15.3. The molecule has 5 nitrogen and oxygen atoms in total. The van der Waals surface area contributed by atoms with Crippen LogP contribution in [0.5, 0.6) is 0 Å². The zero-order valence-corrected chi connectivity index (χ0v) is 12.9. The minimum atomic E-state index is -3.62. The molecule has 21 heavy (non-hydrogen) atoms. The van der Waals surface area contributed by atoms with Gasteiger partial charge in [0.1, 0.15) is 5.82 Å². The Morgan fingerprint density at radius 3 is 2.90 bits per heavy atom. The number of sulfonamides is 1. The van der Waals surface area contributed by atoms with Crippen LogP contribution < -0.4 is 10.0 Å². The highest BCUT2D eigenvalue weighted by Gasteiger charge is 2.20. The summed E-state index contributed by atoms with van der Waals surface area (Å²) in [6.45, 7) is 1.96. The molecule has 1 aromatic carbocycles. The fraction of sp³-hybridized carbons (Fsp3) is 0.571. The van der Waals surface area contributed by atoms with Crippen LogP contribution in [-0.4, -0.2) is 35.2 Å². The van der Waals surface area contributed by atoms with Gasteiger partial charge in [0.05, 0.1) is 11.5 Å². The van der Waals surface area contributed by atoms with Gasteiger partial charge in [-0.15, -0.1) is 0 Å². The predicted octanol–water partition coefficient (Wildman–Crippen LogP) is 1.25. The molecule has 0 aromatic heterocycles. The molecule has 2 rings (SSSR count). The third kappa shape index (κ3) is 4.47. The third-order valence-electron chi connectivity index (χ3n) is 3.51. The van der Waals surface area contributed by atoms with E-state index in [9.17, 15) is 12.8 Å². The van der Waals surface area contributed by atoms with Crippen LogP contribution in [0.3, 0.4) is 0 Å². The van der Waals surface area contributed by atoms with Crippen molar-refractivity contribution in [3.05, 3.63) is 29.6 Å². The molecule has 2 N–H and O–H groups in total. The van der Waals surface area contributed by atoms with E-state index in [1.54, 1.807) is 7.05 Å². The number of ether oxygens (including phenoxy) is 1. The fourth-order valence-corrected chi connectivity index (χ4v) is 3.49. The maximum Gasteiger partial charge on any atom is 0.240 e. The van der Waals surface area contributed by atoms with Crippen molar-refractivity contribution in [2.24, 2.45) is 5.92 Å². The number of halogens is 1. The standard InChI is InChI=1S/C14H21FN2O3S/c1-16-9-12-7-13(4-5-14(12)15)21(18,19)17-8-11-3-2-6-20-10-11/h4-5,7,11,16-17H,2-3,6,8-10H2,1H3. The summed E-state index contributed by atoms with van der Waals surface area (Å²) in [6.07, 6.45) is 1.91. The second-order valence-corrected chi connectivity index (χ2v) is 6.99. The lowest BCUT2D eigenvalue weighted by Crippen LogP contribution is -2.33. The molecule has 7 heteroatoms. The van der Waals surface area contributed by atoms with Crippen LogP contribution in [0, 0.1) is 11.7 Å². The predicted molar refractivity (Wildman–Crippen MR) is 77.9 cm³/mol. The lowest BCUT2D eigenvalue weighted by Gasteiger charge is -2.22. The van der Waals surface area contributed by atoms with Gasteiger partial charge in [0, 0.05) is 25.3 Å². The number of benzene rings is 1. The van der Waals surface area contributed by atoms with Gasteiger partial charge in [-0.1, -0.05) is 0 Å². The Labute approximate surface area is 124 Å². The summed E-state index contributed by atoms with van der Waals surface area (Å²) in [7, 11) is -1.93. The first-order chi connectivity index (χ1) is 10.0. The van der Waals surface area contributed by atoms with Gasteiger partial charge in [0.25, 0.3) is 0 Å². The monoisotopic (exact) mass is 316 g/mol. The molecule has 1 aliphatic rings. The molecule has 1 heterocycles. The van der Waals surface area contributed by atoms with Gasteiger partial charge in [-0.25, -0.2) is 17.5 Å². The Kier molecular flexibility index (Phi) is 5.69. The molecule has 0 spiro atoms. The minimum absolute atomic E-state index is 0.0888. The van der Waals surface area contributed by atoms with E-state index in [1.807, 2.05) is 0 Å². The first-order valence-corrected chi connectivity index (χ1v) is 8.51. The van der Waals surface area contributed by atoms with Gasteiger partial charge in [-0.05, 0) is 44.0 Å². The summed E-state index contributed by atoms with van der Waals surface area (Å²) in [5.74, 6) is -0.213. The van der Waals surface area contributed by atoms with Gasteiger partial charge in [0.15, 0.2) is 0 Å². The summed E-state index contributed by atoms with van der Waals surface area (Å²) in [5, 5.41) is 2.82. The quantitative estimate of drug-likeness (QED) is 0.829. The summed E-state index contributed by atoms with van der Waals surface area (Å²) >= 11 is 0. The van der Waals surface area contributed by atoms with Crippen LogP contribution in [0.4, 0.5) is 4.39 Å². The molecule has 0 aliphatic carbocycles. The number of rotatable bonds is 6. The Hall–Kier alpha value is -1.02. The molecular formula is C14H21FN2O3S.